The number of allylic oxidation sites excluding steroid dienone is 1. The van der Waals surface area contributed by atoms with Crippen LogP contribution in [-0.2, 0) is 5.41 Å². The number of anilines is 3. The standard InChI is InChI=1S/C40H26N2O2S2/c1-40(2)31-20-25(42(24-12-4-3-5-13-24)32-16-8-11-23-10-6-7-14-27(23)32)17-18-28(31)38-34(40)39-33(46-38)22-26(45-39)21-30-36(43)29-15-9-19-41-35(29)37(30)44/h3-22H,1-2H3/b30-21-. The van der Waals surface area contributed by atoms with E-state index in [9.17, 15) is 9.59 Å². The third-order valence-electron chi connectivity index (χ3n) is 9.25. The van der Waals surface area contributed by atoms with Gasteiger partial charge in [0, 0.05) is 42.8 Å². The van der Waals surface area contributed by atoms with Gasteiger partial charge in [0.1, 0.15) is 5.69 Å². The second kappa shape index (κ2) is 9.91. The van der Waals surface area contributed by atoms with E-state index in [4.69, 9.17) is 0 Å². The molecule has 0 radical (unpaired) electrons. The van der Waals surface area contributed by atoms with Gasteiger partial charge in [-0.05, 0) is 76.7 Å². The summed E-state index contributed by atoms with van der Waals surface area (Å²) >= 11 is 3.45. The second-order valence-corrected chi connectivity index (χ2v) is 14.4. The van der Waals surface area contributed by atoms with Crippen molar-refractivity contribution in [1.82, 2.24) is 4.98 Å². The molecule has 0 saturated heterocycles. The smallest absolute Gasteiger partial charge is 0.216 e. The molecule has 46 heavy (non-hydrogen) atoms. The first-order chi connectivity index (χ1) is 22.4. The Morgan fingerprint density at radius 3 is 2.39 bits per heavy atom. The quantitative estimate of drug-likeness (QED) is 0.143. The van der Waals surface area contributed by atoms with E-state index in [1.165, 1.54) is 41.7 Å². The summed E-state index contributed by atoms with van der Waals surface area (Å²) in [5.41, 5.74) is 7.84. The lowest BCUT2D eigenvalue weighted by molar-refractivity contribution is 0.0989. The van der Waals surface area contributed by atoms with Gasteiger partial charge in [-0.25, -0.2) is 0 Å². The number of carbonyl (C=O) groups excluding carboxylic acids is 2. The Kier molecular flexibility index (Phi) is 5.85. The highest BCUT2D eigenvalue weighted by atomic mass is 32.1. The van der Waals surface area contributed by atoms with Crippen molar-refractivity contribution in [2.75, 3.05) is 4.90 Å². The molecule has 3 heterocycles. The molecule has 0 saturated carbocycles. The van der Waals surface area contributed by atoms with E-state index in [-0.39, 0.29) is 28.2 Å². The molecule has 6 heteroatoms. The highest BCUT2D eigenvalue weighted by Gasteiger charge is 2.40. The largest absolute Gasteiger partial charge is 0.310 e. The van der Waals surface area contributed by atoms with Gasteiger partial charge >= 0.3 is 0 Å². The van der Waals surface area contributed by atoms with Gasteiger partial charge in [0.25, 0.3) is 0 Å². The van der Waals surface area contributed by atoms with Gasteiger partial charge in [0.15, 0.2) is 5.78 Å². The van der Waals surface area contributed by atoms with Crippen molar-refractivity contribution in [3.8, 4) is 10.4 Å². The van der Waals surface area contributed by atoms with E-state index in [2.05, 4.69) is 121 Å². The second-order valence-electron chi connectivity index (χ2n) is 12.3. The van der Waals surface area contributed by atoms with Crippen LogP contribution in [0.1, 0.15) is 50.7 Å². The zero-order valence-corrected chi connectivity index (χ0v) is 26.7. The van der Waals surface area contributed by atoms with Crippen LogP contribution in [0, 0.1) is 0 Å². The normalized spacial score (nSPS) is 15.5. The fraction of sp³-hybridized carbons (Fsp3) is 0.0750. The maximum atomic E-state index is 13.0. The van der Waals surface area contributed by atoms with Crippen molar-refractivity contribution in [1.29, 1.82) is 0 Å². The summed E-state index contributed by atoms with van der Waals surface area (Å²) in [5.74, 6) is -0.540. The summed E-state index contributed by atoms with van der Waals surface area (Å²) in [6, 6.07) is 38.0. The monoisotopic (exact) mass is 630 g/mol. The van der Waals surface area contributed by atoms with Gasteiger partial charge in [0.2, 0.25) is 5.78 Å². The molecule has 7 aromatic rings. The number of hydrogen-bond acceptors (Lipinski definition) is 6. The predicted molar refractivity (Wildman–Crippen MR) is 190 cm³/mol. The van der Waals surface area contributed by atoms with E-state index in [1.807, 2.05) is 0 Å². The van der Waals surface area contributed by atoms with E-state index in [0.29, 0.717) is 5.56 Å². The van der Waals surface area contributed by atoms with E-state index in [1.54, 1.807) is 47.1 Å². The van der Waals surface area contributed by atoms with E-state index in [0.717, 1.165) is 21.9 Å². The van der Waals surface area contributed by atoms with Crippen molar-refractivity contribution in [2.24, 2.45) is 0 Å². The average Bonchev–Trinajstić information content (AvgIpc) is 3.76. The van der Waals surface area contributed by atoms with Crippen LogP contribution in [-0.4, -0.2) is 16.6 Å². The molecule has 0 spiro atoms. The Bertz CT molecular complexity index is 2410. The van der Waals surface area contributed by atoms with Crippen LogP contribution >= 0.6 is 22.7 Å². The average molecular weight is 631 g/mol. The lowest BCUT2D eigenvalue weighted by Crippen LogP contribution is -2.16. The molecule has 0 amide bonds. The number of hydrogen-bond donors (Lipinski definition) is 0. The lowest BCUT2D eigenvalue weighted by Gasteiger charge is -2.29. The summed E-state index contributed by atoms with van der Waals surface area (Å²) in [6.45, 7) is 4.62. The van der Waals surface area contributed by atoms with Crippen LogP contribution < -0.4 is 4.90 Å². The van der Waals surface area contributed by atoms with Crippen molar-refractivity contribution in [2.45, 2.75) is 19.3 Å². The highest BCUT2D eigenvalue weighted by molar-refractivity contribution is 7.30. The van der Waals surface area contributed by atoms with Crippen LogP contribution in [0.3, 0.4) is 0 Å². The molecule has 0 unspecified atom stereocenters. The molecule has 2 aliphatic carbocycles. The Hall–Kier alpha value is -5.17. The molecule has 3 aromatic heterocycles. The van der Waals surface area contributed by atoms with Gasteiger partial charge in [-0.15, -0.1) is 22.7 Å². The first-order valence-electron chi connectivity index (χ1n) is 15.2. The number of nitrogens with zero attached hydrogens (tertiary/aromatic N) is 2. The van der Waals surface area contributed by atoms with Gasteiger partial charge in [-0.2, -0.15) is 0 Å². The molecule has 9 rings (SSSR count). The maximum Gasteiger partial charge on any atom is 0.216 e. The molecule has 0 bridgehead atoms. The summed E-state index contributed by atoms with van der Waals surface area (Å²) in [7, 11) is 0. The van der Waals surface area contributed by atoms with Crippen LogP contribution in [0.25, 0.3) is 36.7 Å². The summed E-state index contributed by atoms with van der Waals surface area (Å²) in [6.07, 6.45) is 3.31. The van der Waals surface area contributed by atoms with E-state index < -0.39 is 0 Å². The molecular weight excluding hydrogens is 605 g/mol. The third-order valence-corrected chi connectivity index (χ3v) is 11.7. The van der Waals surface area contributed by atoms with Crippen molar-refractivity contribution in [3.63, 3.8) is 0 Å². The molecule has 0 fully saturated rings. The number of benzene rings is 4. The summed E-state index contributed by atoms with van der Waals surface area (Å²) in [5, 5.41) is 2.41. The Balaban J connectivity index is 1.15. The third kappa shape index (κ3) is 3.87. The molecule has 4 nitrogen and oxygen atoms in total. The minimum absolute atomic E-state index is 0.195. The number of rotatable bonds is 4. The zero-order chi connectivity index (χ0) is 31.2. The highest BCUT2D eigenvalue weighted by Crippen LogP contribution is 2.58. The van der Waals surface area contributed by atoms with Crippen LogP contribution in [0.5, 0.6) is 0 Å². The Labute approximate surface area is 273 Å². The van der Waals surface area contributed by atoms with Crippen LogP contribution in [0.2, 0.25) is 0 Å². The zero-order valence-electron chi connectivity index (χ0n) is 25.1. The van der Waals surface area contributed by atoms with Gasteiger partial charge in [0.05, 0.1) is 21.5 Å². The number of aromatic nitrogens is 1. The van der Waals surface area contributed by atoms with Gasteiger partial charge in [-0.1, -0.05) is 74.5 Å². The summed E-state index contributed by atoms with van der Waals surface area (Å²) < 4.78 is 2.40. The topological polar surface area (TPSA) is 50.3 Å². The fourth-order valence-electron chi connectivity index (χ4n) is 7.08. The van der Waals surface area contributed by atoms with Crippen molar-refractivity contribution >= 4 is 77.6 Å². The molecule has 0 N–H and O–H groups in total. The maximum absolute atomic E-state index is 13.0. The number of fused-ring (bicyclic) bond motifs is 7. The predicted octanol–water partition coefficient (Wildman–Crippen LogP) is 10.7. The molecule has 0 atom stereocenters. The van der Waals surface area contributed by atoms with Crippen molar-refractivity contribution in [3.05, 3.63) is 148 Å². The number of thiophene rings is 2. The molecular formula is C40H26N2O2S2. The number of carbonyl (C=O) groups is 2. The fourth-order valence-corrected chi connectivity index (χ4v) is 10.0. The number of Topliss-reactive ketones (excluding diaryl/α,β-unsaturated/α-hetero) is 2. The number of ketones is 2. The summed E-state index contributed by atoms with van der Waals surface area (Å²) in [4.78, 5) is 34.8. The van der Waals surface area contributed by atoms with E-state index >= 15 is 0 Å². The van der Waals surface area contributed by atoms with Crippen LogP contribution in [0.4, 0.5) is 17.1 Å². The minimum atomic E-state index is -0.294. The first kappa shape index (κ1) is 27.2. The lowest BCUT2D eigenvalue weighted by atomic mass is 9.82. The number of para-hydroxylation sites is 1. The Morgan fingerprint density at radius 1 is 0.739 bits per heavy atom. The first-order valence-corrected chi connectivity index (χ1v) is 16.8. The number of pyridine rings is 1. The minimum Gasteiger partial charge on any atom is -0.310 e. The molecule has 4 aromatic carbocycles. The molecule has 0 aliphatic heterocycles. The van der Waals surface area contributed by atoms with Gasteiger partial charge < -0.3 is 4.90 Å². The molecule has 2 aliphatic rings. The molecule has 220 valence electrons. The Morgan fingerprint density at radius 2 is 1.54 bits per heavy atom. The van der Waals surface area contributed by atoms with Crippen LogP contribution in [0.15, 0.2) is 121 Å². The van der Waals surface area contributed by atoms with Gasteiger partial charge in [-0.3, -0.25) is 14.6 Å². The van der Waals surface area contributed by atoms with Crippen molar-refractivity contribution < 1.29 is 9.59 Å². The SMILES string of the molecule is CC1(C)c2cc(N(c3ccccc3)c3cccc4ccccc34)ccc2-c2sc3cc(/C=C4/C(=O)c5cccnc5C4=O)sc3c21.